The maximum absolute atomic E-state index is 5.54. The van der Waals surface area contributed by atoms with Crippen LogP contribution in [0.15, 0.2) is 10.8 Å². The van der Waals surface area contributed by atoms with E-state index >= 15 is 0 Å². The fourth-order valence-corrected chi connectivity index (χ4v) is 2.57. The average molecular weight is 274 g/mol. The minimum absolute atomic E-state index is 0.472. The predicted molar refractivity (Wildman–Crippen MR) is 61.8 cm³/mol. The highest BCUT2D eigenvalue weighted by Gasteiger charge is 2.19. The Kier molecular flexibility index (Phi) is 3.77. The molecule has 15 heavy (non-hydrogen) atoms. The molecule has 1 aromatic rings. The van der Waals surface area contributed by atoms with Gasteiger partial charge in [-0.2, -0.15) is 5.10 Å². The van der Waals surface area contributed by atoms with Crippen molar-refractivity contribution in [1.82, 2.24) is 9.78 Å². The van der Waals surface area contributed by atoms with Gasteiger partial charge in [0.2, 0.25) is 0 Å². The summed E-state index contributed by atoms with van der Waals surface area (Å²) < 4.78 is 8.49. The Morgan fingerprint density at radius 3 is 2.93 bits per heavy atom. The Bertz CT molecular complexity index is 320. The average Bonchev–Trinajstić information content (AvgIpc) is 2.63. The minimum Gasteiger partial charge on any atom is -0.381 e. The molecule has 1 saturated heterocycles. The maximum atomic E-state index is 5.54. The first kappa shape index (κ1) is 11.1. The van der Waals surface area contributed by atoms with Crippen molar-refractivity contribution in [3.63, 3.8) is 0 Å². The second-order valence-corrected chi connectivity index (χ2v) is 4.54. The maximum Gasteiger partial charge on any atom is 0.107 e. The Labute approximate surface area is 97.9 Å². The number of hydrogen-bond acceptors (Lipinski definition) is 3. The van der Waals surface area contributed by atoms with Crippen molar-refractivity contribution in [2.24, 2.45) is 5.73 Å². The Balaban J connectivity index is 2.13. The number of halogens is 1. The molecular formula is C10H16BrN3O. The van der Waals surface area contributed by atoms with Crippen molar-refractivity contribution in [3.8, 4) is 0 Å². The van der Waals surface area contributed by atoms with E-state index in [4.69, 9.17) is 10.5 Å². The van der Waals surface area contributed by atoms with Gasteiger partial charge in [-0.1, -0.05) is 0 Å². The summed E-state index contributed by atoms with van der Waals surface area (Å²) in [5.41, 5.74) is 6.74. The van der Waals surface area contributed by atoms with Crippen molar-refractivity contribution >= 4 is 15.9 Å². The third-order valence-corrected chi connectivity index (χ3v) is 3.63. The molecule has 1 aromatic heterocycles. The van der Waals surface area contributed by atoms with E-state index in [1.807, 2.05) is 6.20 Å². The summed E-state index contributed by atoms with van der Waals surface area (Å²) in [5, 5.41) is 4.42. The molecule has 1 fully saturated rings. The van der Waals surface area contributed by atoms with Gasteiger partial charge in [0.25, 0.3) is 0 Å². The summed E-state index contributed by atoms with van der Waals surface area (Å²) in [4.78, 5) is 0. The van der Waals surface area contributed by atoms with Crippen molar-refractivity contribution in [2.45, 2.75) is 25.3 Å². The Hall–Kier alpha value is -0.390. The molecule has 0 atom stereocenters. The third-order valence-electron chi connectivity index (χ3n) is 2.75. The summed E-state index contributed by atoms with van der Waals surface area (Å²) in [6, 6.07) is 0.472. The molecule has 0 spiro atoms. The molecule has 0 unspecified atom stereocenters. The largest absolute Gasteiger partial charge is 0.381 e. The van der Waals surface area contributed by atoms with Gasteiger partial charge in [-0.3, -0.25) is 4.68 Å². The normalized spacial score (nSPS) is 18.3. The Morgan fingerprint density at radius 2 is 2.27 bits per heavy atom. The summed E-state index contributed by atoms with van der Waals surface area (Å²) in [6.07, 6.45) is 4.88. The van der Waals surface area contributed by atoms with E-state index in [1.165, 1.54) is 5.56 Å². The van der Waals surface area contributed by atoms with Crippen LogP contribution in [0.25, 0.3) is 0 Å². The number of rotatable bonds is 3. The predicted octanol–water partition coefficient (Wildman–Crippen LogP) is 1.50. The van der Waals surface area contributed by atoms with Crippen molar-refractivity contribution in [2.75, 3.05) is 19.8 Å². The van der Waals surface area contributed by atoms with E-state index in [1.54, 1.807) is 0 Å². The van der Waals surface area contributed by atoms with Crippen LogP contribution in [-0.4, -0.2) is 29.5 Å². The quantitative estimate of drug-likeness (QED) is 0.908. The van der Waals surface area contributed by atoms with Crippen molar-refractivity contribution in [1.29, 1.82) is 0 Å². The van der Waals surface area contributed by atoms with E-state index in [9.17, 15) is 0 Å². The fraction of sp³-hybridized carbons (Fsp3) is 0.700. The van der Waals surface area contributed by atoms with E-state index in [0.29, 0.717) is 12.6 Å². The standard InChI is InChI=1S/C10H16BrN3O/c11-10-8(1-4-12)7-13-14(10)9-2-5-15-6-3-9/h7,9H,1-6,12H2. The zero-order chi connectivity index (χ0) is 10.7. The summed E-state index contributed by atoms with van der Waals surface area (Å²) in [6.45, 7) is 2.34. The van der Waals surface area contributed by atoms with E-state index in [-0.39, 0.29) is 0 Å². The lowest BCUT2D eigenvalue weighted by Crippen LogP contribution is -2.20. The smallest absolute Gasteiger partial charge is 0.107 e. The van der Waals surface area contributed by atoms with Gasteiger partial charge in [0, 0.05) is 18.8 Å². The number of ether oxygens (including phenoxy) is 1. The van der Waals surface area contributed by atoms with Gasteiger partial charge >= 0.3 is 0 Å². The molecule has 2 N–H and O–H groups in total. The minimum atomic E-state index is 0.472. The SMILES string of the molecule is NCCc1cnn(C2CCOCC2)c1Br. The van der Waals surface area contributed by atoms with E-state index in [0.717, 1.165) is 37.1 Å². The van der Waals surface area contributed by atoms with Crippen LogP contribution in [0.3, 0.4) is 0 Å². The van der Waals surface area contributed by atoms with E-state index in [2.05, 4.69) is 25.7 Å². The molecule has 2 heterocycles. The van der Waals surface area contributed by atoms with Crippen LogP contribution in [0, 0.1) is 0 Å². The van der Waals surface area contributed by atoms with Crippen LogP contribution < -0.4 is 5.73 Å². The molecule has 0 amide bonds. The molecule has 2 rings (SSSR count). The second kappa shape index (κ2) is 5.09. The van der Waals surface area contributed by atoms with Crippen LogP contribution >= 0.6 is 15.9 Å². The lowest BCUT2D eigenvalue weighted by molar-refractivity contribution is 0.0656. The number of nitrogens with zero attached hydrogens (tertiary/aromatic N) is 2. The lowest BCUT2D eigenvalue weighted by Gasteiger charge is -2.23. The van der Waals surface area contributed by atoms with Gasteiger partial charge in [0.1, 0.15) is 4.60 Å². The molecule has 84 valence electrons. The van der Waals surface area contributed by atoms with Gasteiger partial charge in [0.15, 0.2) is 0 Å². The van der Waals surface area contributed by atoms with Gasteiger partial charge in [-0.25, -0.2) is 0 Å². The molecule has 0 bridgehead atoms. The highest BCUT2D eigenvalue weighted by Crippen LogP contribution is 2.26. The summed E-state index contributed by atoms with van der Waals surface area (Å²) >= 11 is 3.59. The first-order chi connectivity index (χ1) is 7.33. The van der Waals surface area contributed by atoms with Crippen LogP contribution in [0.1, 0.15) is 24.4 Å². The molecule has 5 heteroatoms. The fourth-order valence-electron chi connectivity index (χ4n) is 1.89. The zero-order valence-electron chi connectivity index (χ0n) is 8.66. The molecule has 1 aliphatic rings. The highest BCUT2D eigenvalue weighted by molar-refractivity contribution is 9.10. The monoisotopic (exact) mass is 273 g/mol. The zero-order valence-corrected chi connectivity index (χ0v) is 10.2. The number of hydrogen-bond donors (Lipinski definition) is 1. The molecule has 0 radical (unpaired) electrons. The third kappa shape index (κ3) is 2.41. The van der Waals surface area contributed by atoms with Gasteiger partial charge in [0.05, 0.1) is 12.2 Å². The van der Waals surface area contributed by atoms with Gasteiger partial charge < -0.3 is 10.5 Å². The molecule has 0 aliphatic carbocycles. The molecule has 0 aromatic carbocycles. The topological polar surface area (TPSA) is 53.1 Å². The first-order valence-electron chi connectivity index (χ1n) is 5.32. The molecule has 0 saturated carbocycles. The number of nitrogens with two attached hydrogens (primary N) is 1. The molecule has 4 nitrogen and oxygen atoms in total. The van der Waals surface area contributed by atoms with Crippen LogP contribution in [0.4, 0.5) is 0 Å². The summed E-state index contributed by atoms with van der Waals surface area (Å²) in [5.74, 6) is 0. The van der Waals surface area contributed by atoms with E-state index < -0.39 is 0 Å². The van der Waals surface area contributed by atoms with Gasteiger partial charge in [-0.15, -0.1) is 0 Å². The highest BCUT2D eigenvalue weighted by atomic mass is 79.9. The lowest BCUT2D eigenvalue weighted by atomic mass is 10.1. The van der Waals surface area contributed by atoms with Crippen LogP contribution in [0.5, 0.6) is 0 Å². The molecule has 1 aliphatic heterocycles. The van der Waals surface area contributed by atoms with Crippen LogP contribution in [-0.2, 0) is 11.2 Å². The number of aromatic nitrogens is 2. The second-order valence-electron chi connectivity index (χ2n) is 3.79. The Morgan fingerprint density at radius 1 is 1.53 bits per heavy atom. The first-order valence-corrected chi connectivity index (χ1v) is 6.12. The molecular weight excluding hydrogens is 258 g/mol. The van der Waals surface area contributed by atoms with Crippen LogP contribution in [0.2, 0.25) is 0 Å². The van der Waals surface area contributed by atoms with Crippen molar-refractivity contribution < 1.29 is 4.74 Å². The summed E-state index contributed by atoms with van der Waals surface area (Å²) in [7, 11) is 0. The van der Waals surface area contributed by atoms with Gasteiger partial charge in [-0.05, 0) is 41.7 Å². The van der Waals surface area contributed by atoms with Crippen molar-refractivity contribution in [3.05, 3.63) is 16.4 Å².